The van der Waals surface area contributed by atoms with Crippen LogP contribution in [0.5, 0.6) is 6.01 Å². The molecule has 1 aromatic carbocycles. The molecule has 0 bridgehead atoms. The van der Waals surface area contributed by atoms with E-state index in [1.807, 2.05) is 31.2 Å². The van der Waals surface area contributed by atoms with Crippen molar-refractivity contribution < 1.29 is 4.74 Å². The second-order valence-corrected chi connectivity index (χ2v) is 5.42. The van der Waals surface area contributed by atoms with Gasteiger partial charge in [-0.25, -0.2) is 4.68 Å². The number of benzene rings is 1. The van der Waals surface area contributed by atoms with Gasteiger partial charge in [0.15, 0.2) is 5.65 Å². The molecule has 0 aliphatic rings. The van der Waals surface area contributed by atoms with Crippen LogP contribution in [-0.2, 0) is 0 Å². The third kappa shape index (κ3) is 3.22. The van der Waals surface area contributed by atoms with Crippen molar-refractivity contribution in [1.29, 1.82) is 0 Å². The lowest BCUT2D eigenvalue weighted by molar-refractivity contribution is 0.314. The molecule has 2 heterocycles. The van der Waals surface area contributed by atoms with Crippen LogP contribution in [0.1, 0.15) is 20.3 Å². The largest absolute Gasteiger partial charge is 0.464 e. The summed E-state index contributed by atoms with van der Waals surface area (Å²) in [6.07, 6.45) is 2.76. The Hall–Kier alpha value is -2.34. The molecule has 1 N–H and O–H groups in total. The molecule has 0 spiro atoms. The van der Waals surface area contributed by atoms with Crippen molar-refractivity contribution in [3.63, 3.8) is 0 Å². The number of halogens is 1. The number of nitrogens with one attached hydrogen (secondary N) is 1. The fraction of sp³-hybridized carbons (Fsp3) is 0.312. The minimum atomic E-state index is 0.342. The van der Waals surface area contributed by atoms with Crippen LogP contribution >= 0.6 is 11.6 Å². The Morgan fingerprint density at radius 1 is 1.17 bits per heavy atom. The molecule has 3 aromatic rings. The Morgan fingerprint density at radius 3 is 2.65 bits per heavy atom. The van der Waals surface area contributed by atoms with Crippen molar-refractivity contribution in [2.24, 2.45) is 0 Å². The number of hydrogen-bond acceptors (Lipinski definition) is 5. The van der Waals surface area contributed by atoms with E-state index in [-0.39, 0.29) is 0 Å². The van der Waals surface area contributed by atoms with Crippen molar-refractivity contribution in [1.82, 2.24) is 19.7 Å². The zero-order valence-corrected chi connectivity index (χ0v) is 13.8. The first-order chi connectivity index (χ1) is 11.2. The maximum Gasteiger partial charge on any atom is 0.320 e. The van der Waals surface area contributed by atoms with Gasteiger partial charge in [0.1, 0.15) is 5.82 Å². The molecule has 3 rings (SSSR count). The van der Waals surface area contributed by atoms with Gasteiger partial charge in [-0.2, -0.15) is 15.1 Å². The van der Waals surface area contributed by atoms with Gasteiger partial charge in [-0.15, -0.1) is 0 Å². The van der Waals surface area contributed by atoms with E-state index in [0.29, 0.717) is 23.3 Å². The van der Waals surface area contributed by atoms with Crippen LogP contribution in [0.15, 0.2) is 30.5 Å². The highest BCUT2D eigenvalue weighted by atomic mass is 35.5. The topological polar surface area (TPSA) is 64.9 Å². The number of hydrogen-bond donors (Lipinski definition) is 1. The summed E-state index contributed by atoms with van der Waals surface area (Å²) in [4.78, 5) is 8.92. The fourth-order valence-electron chi connectivity index (χ4n) is 2.23. The van der Waals surface area contributed by atoms with Crippen LogP contribution in [0.25, 0.3) is 16.7 Å². The van der Waals surface area contributed by atoms with Crippen molar-refractivity contribution in [2.45, 2.75) is 20.3 Å². The van der Waals surface area contributed by atoms with Crippen molar-refractivity contribution in [3.8, 4) is 11.7 Å². The third-order valence-corrected chi connectivity index (χ3v) is 3.55. The van der Waals surface area contributed by atoms with Crippen LogP contribution in [0.3, 0.4) is 0 Å². The quantitative estimate of drug-likeness (QED) is 0.746. The van der Waals surface area contributed by atoms with E-state index >= 15 is 0 Å². The van der Waals surface area contributed by atoms with Crippen LogP contribution in [0, 0.1) is 0 Å². The summed E-state index contributed by atoms with van der Waals surface area (Å²) in [5.74, 6) is 0.737. The Balaban J connectivity index is 2.12. The van der Waals surface area contributed by atoms with Crippen molar-refractivity contribution in [3.05, 3.63) is 35.5 Å². The van der Waals surface area contributed by atoms with Crippen molar-refractivity contribution >= 4 is 28.5 Å². The van der Waals surface area contributed by atoms with Gasteiger partial charge in [-0.1, -0.05) is 18.5 Å². The van der Waals surface area contributed by atoms with Crippen LogP contribution in [-0.4, -0.2) is 32.9 Å². The first kappa shape index (κ1) is 15.6. The highest BCUT2D eigenvalue weighted by Gasteiger charge is 2.14. The Morgan fingerprint density at radius 2 is 1.96 bits per heavy atom. The zero-order valence-electron chi connectivity index (χ0n) is 13.1. The van der Waals surface area contributed by atoms with E-state index in [1.54, 1.807) is 10.9 Å². The van der Waals surface area contributed by atoms with Gasteiger partial charge in [0.25, 0.3) is 0 Å². The lowest BCUT2D eigenvalue weighted by Crippen LogP contribution is -2.07. The van der Waals surface area contributed by atoms with Crippen LogP contribution in [0.2, 0.25) is 5.02 Å². The standard InChI is InChI=1S/C16H18ClN5O/c1-3-9-18-14-13-10-19-22(12-7-5-11(17)6-8-12)15(13)21-16(20-14)23-4-2/h5-8,10H,3-4,9H2,1-2H3,(H,18,20,21). The van der Waals surface area contributed by atoms with Gasteiger partial charge in [0, 0.05) is 11.6 Å². The number of anilines is 1. The Bertz CT molecular complexity index is 800. The molecule has 6 nitrogen and oxygen atoms in total. The molecule has 23 heavy (non-hydrogen) atoms. The molecule has 2 aromatic heterocycles. The molecule has 0 saturated heterocycles. The number of aromatic nitrogens is 4. The molecule has 120 valence electrons. The van der Waals surface area contributed by atoms with Gasteiger partial charge >= 0.3 is 6.01 Å². The second kappa shape index (κ2) is 6.83. The summed E-state index contributed by atoms with van der Waals surface area (Å²) in [5.41, 5.74) is 1.58. The molecule has 0 radical (unpaired) electrons. The normalized spacial score (nSPS) is 10.9. The molecule has 0 saturated carbocycles. The smallest absolute Gasteiger partial charge is 0.320 e. The van der Waals surface area contributed by atoms with Crippen LogP contribution < -0.4 is 10.1 Å². The van der Waals surface area contributed by atoms with E-state index in [0.717, 1.165) is 29.9 Å². The summed E-state index contributed by atoms with van der Waals surface area (Å²) in [7, 11) is 0. The maximum absolute atomic E-state index is 5.95. The molecular weight excluding hydrogens is 314 g/mol. The summed E-state index contributed by atoms with van der Waals surface area (Å²) in [6.45, 7) is 5.34. The zero-order chi connectivity index (χ0) is 16.2. The average molecular weight is 332 g/mol. The predicted octanol–water partition coefficient (Wildman–Crippen LogP) is 3.69. The van der Waals surface area contributed by atoms with Gasteiger partial charge < -0.3 is 10.1 Å². The second-order valence-electron chi connectivity index (χ2n) is 4.98. The van der Waals surface area contributed by atoms with Gasteiger partial charge in [-0.05, 0) is 37.6 Å². The molecule has 7 heteroatoms. The molecule has 0 aliphatic heterocycles. The van der Waals surface area contributed by atoms with E-state index in [9.17, 15) is 0 Å². The van der Waals surface area contributed by atoms with Crippen molar-refractivity contribution in [2.75, 3.05) is 18.5 Å². The summed E-state index contributed by atoms with van der Waals surface area (Å²) in [6, 6.07) is 7.79. The average Bonchev–Trinajstić information content (AvgIpc) is 2.98. The molecule has 0 aliphatic carbocycles. The third-order valence-electron chi connectivity index (χ3n) is 3.30. The lowest BCUT2D eigenvalue weighted by Gasteiger charge is -2.09. The number of rotatable bonds is 6. The Labute approximate surface area is 139 Å². The monoisotopic (exact) mass is 331 g/mol. The van der Waals surface area contributed by atoms with Gasteiger partial charge in [-0.3, -0.25) is 0 Å². The highest BCUT2D eigenvalue weighted by molar-refractivity contribution is 6.30. The van der Waals surface area contributed by atoms with E-state index < -0.39 is 0 Å². The van der Waals surface area contributed by atoms with E-state index in [4.69, 9.17) is 16.3 Å². The summed E-state index contributed by atoms with van der Waals surface area (Å²) in [5, 5.41) is 9.28. The summed E-state index contributed by atoms with van der Waals surface area (Å²) >= 11 is 5.95. The van der Waals surface area contributed by atoms with Gasteiger partial charge in [0.05, 0.1) is 23.9 Å². The Kier molecular flexibility index (Phi) is 4.62. The van der Waals surface area contributed by atoms with Gasteiger partial charge in [0.2, 0.25) is 0 Å². The lowest BCUT2D eigenvalue weighted by atomic mass is 10.3. The molecule has 0 atom stereocenters. The number of ether oxygens (including phenoxy) is 1. The minimum absolute atomic E-state index is 0.342. The fourth-order valence-corrected chi connectivity index (χ4v) is 2.36. The molecule has 0 fully saturated rings. The minimum Gasteiger partial charge on any atom is -0.464 e. The number of nitrogens with zero attached hydrogens (tertiary/aromatic N) is 4. The summed E-state index contributed by atoms with van der Waals surface area (Å²) < 4.78 is 7.25. The molecular formula is C16H18ClN5O. The molecule has 0 unspecified atom stereocenters. The SMILES string of the molecule is CCCNc1nc(OCC)nc2c1cnn2-c1ccc(Cl)cc1. The predicted molar refractivity (Wildman–Crippen MR) is 91.6 cm³/mol. The molecule has 0 amide bonds. The number of fused-ring (bicyclic) bond motifs is 1. The first-order valence-electron chi connectivity index (χ1n) is 7.61. The van der Waals surface area contributed by atoms with Crippen LogP contribution in [0.4, 0.5) is 5.82 Å². The van der Waals surface area contributed by atoms with E-state index in [1.165, 1.54) is 0 Å². The van der Waals surface area contributed by atoms with E-state index in [2.05, 4.69) is 27.3 Å². The highest BCUT2D eigenvalue weighted by Crippen LogP contribution is 2.25. The maximum atomic E-state index is 5.95. The first-order valence-corrected chi connectivity index (χ1v) is 7.99.